The summed E-state index contributed by atoms with van der Waals surface area (Å²) in [5.41, 5.74) is 1.90. The predicted molar refractivity (Wildman–Crippen MR) is 148 cm³/mol. The van der Waals surface area contributed by atoms with Crippen molar-refractivity contribution in [1.29, 1.82) is 0 Å². The molecule has 3 aliphatic rings. The maximum absolute atomic E-state index is 14.2. The summed E-state index contributed by atoms with van der Waals surface area (Å²) in [6.45, 7) is 1.29. The number of anilines is 2. The van der Waals surface area contributed by atoms with Gasteiger partial charge >= 0.3 is 5.97 Å². The van der Waals surface area contributed by atoms with Crippen molar-refractivity contribution in [2.24, 2.45) is 11.8 Å². The lowest BCUT2D eigenvalue weighted by Gasteiger charge is -2.29. The second kappa shape index (κ2) is 8.77. The first kappa shape index (κ1) is 24.6. The number of amides is 3. The van der Waals surface area contributed by atoms with Crippen molar-refractivity contribution < 1.29 is 23.9 Å². The summed E-state index contributed by atoms with van der Waals surface area (Å²) in [4.78, 5) is 57.8. The standard InChI is InChI=1S/C30H23ClN4O5/c1-15(36)40-19-9-7-18(8-10-19)35-27(37)25-24(12-16-14-32-22-5-3-2-4-20(16)22)34-30(26(25)28(35)38)21-13-17(31)6-11-23(21)33-29(30)39/h2-11,13-14,24-26,32,34H,12H2,1H3,(H,33,39)/t24-,25+,26+,30-/m1/s1. The number of benzene rings is 3. The molecule has 0 saturated carbocycles. The maximum atomic E-state index is 14.2. The number of halogens is 1. The van der Waals surface area contributed by atoms with Crippen LogP contribution < -0.4 is 20.3 Å². The molecule has 2 fully saturated rings. The largest absolute Gasteiger partial charge is 0.427 e. The molecule has 0 aliphatic carbocycles. The Morgan fingerprint density at radius 1 is 1.02 bits per heavy atom. The van der Waals surface area contributed by atoms with E-state index < -0.39 is 47.1 Å². The van der Waals surface area contributed by atoms with Crippen molar-refractivity contribution in [1.82, 2.24) is 10.3 Å². The van der Waals surface area contributed by atoms with E-state index in [1.54, 1.807) is 30.3 Å². The number of aromatic amines is 1. The number of esters is 1. The number of carbonyl (C=O) groups excluding carboxylic acids is 4. The molecule has 0 bridgehead atoms. The van der Waals surface area contributed by atoms with Crippen LogP contribution in [0.15, 0.2) is 72.9 Å². The van der Waals surface area contributed by atoms with Crippen LogP contribution in [0.4, 0.5) is 11.4 Å². The number of imide groups is 1. The molecule has 3 aliphatic heterocycles. The normalized spacial score (nSPS) is 25.0. The molecular formula is C30H23ClN4O5. The topological polar surface area (TPSA) is 121 Å². The molecule has 4 heterocycles. The summed E-state index contributed by atoms with van der Waals surface area (Å²) in [6.07, 6.45) is 2.31. The van der Waals surface area contributed by atoms with Gasteiger partial charge in [-0.05, 0) is 60.5 Å². The predicted octanol–water partition coefficient (Wildman–Crippen LogP) is 3.91. The lowest BCUT2D eigenvalue weighted by Crippen LogP contribution is -2.53. The van der Waals surface area contributed by atoms with Crippen molar-refractivity contribution in [3.8, 4) is 5.75 Å². The first-order valence-corrected chi connectivity index (χ1v) is 13.3. The monoisotopic (exact) mass is 554 g/mol. The van der Waals surface area contributed by atoms with Gasteiger partial charge in [0.05, 0.1) is 17.5 Å². The van der Waals surface area contributed by atoms with Gasteiger partial charge in [-0.3, -0.25) is 24.5 Å². The van der Waals surface area contributed by atoms with Crippen molar-refractivity contribution in [3.05, 3.63) is 89.1 Å². The van der Waals surface area contributed by atoms with Crippen LogP contribution in [0.5, 0.6) is 5.75 Å². The molecule has 40 heavy (non-hydrogen) atoms. The second-order valence-electron chi connectivity index (χ2n) is 10.4. The molecule has 3 N–H and O–H groups in total. The summed E-state index contributed by atoms with van der Waals surface area (Å²) >= 11 is 6.36. The lowest BCUT2D eigenvalue weighted by molar-refractivity contribution is -0.132. The minimum absolute atomic E-state index is 0.296. The Bertz CT molecular complexity index is 1750. The Morgan fingerprint density at radius 2 is 1.80 bits per heavy atom. The van der Waals surface area contributed by atoms with Gasteiger partial charge in [0.1, 0.15) is 11.3 Å². The molecule has 3 amide bonds. The van der Waals surface area contributed by atoms with Crippen LogP contribution in [0.3, 0.4) is 0 Å². The molecule has 10 heteroatoms. The quantitative estimate of drug-likeness (QED) is 0.200. The summed E-state index contributed by atoms with van der Waals surface area (Å²) in [7, 11) is 0. The van der Waals surface area contributed by atoms with E-state index in [1.807, 2.05) is 30.5 Å². The van der Waals surface area contributed by atoms with Crippen LogP contribution in [0, 0.1) is 11.8 Å². The van der Waals surface area contributed by atoms with Crippen LogP contribution in [0.1, 0.15) is 18.1 Å². The zero-order valence-electron chi connectivity index (χ0n) is 21.2. The van der Waals surface area contributed by atoms with E-state index in [-0.39, 0.29) is 0 Å². The number of nitrogens with one attached hydrogen (secondary N) is 3. The van der Waals surface area contributed by atoms with Gasteiger partial charge in [0, 0.05) is 46.3 Å². The number of ether oxygens (including phenoxy) is 1. The van der Waals surface area contributed by atoms with Crippen LogP contribution in [0.25, 0.3) is 10.9 Å². The number of hydrogen-bond donors (Lipinski definition) is 3. The van der Waals surface area contributed by atoms with Gasteiger partial charge in [0.15, 0.2) is 0 Å². The van der Waals surface area contributed by atoms with Crippen LogP contribution in [-0.2, 0) is 31.1 Å². The van der Waals surface area contributed by atoms with Gasteiger partial charge in [-0.1, -0.05) is 29.8 Å². The van der Waals surface area contributed by atoms with E-state index in [2.05, 4.69) is 15.6 Å². The number of nitrogens with zero attached hydrogens (tertiary/aromatic N) is 1. The van der Waals surface area contributed by atoms with Gasteiger partial charge in [0.2, 0.25) is 17.7 Å². The molecule has 1 spiro atoms. The van der Waals surface area contributed by atoms with Crippen molar-refractivity contribution >= 4 is 57.6 Å². The minimum atomic E-state index is -1.47. The molecule has 200 valence electrons. The third-order valence-corrected chi connectivity index (χ3v) is 8.38. The number of hydrogen-bond acceptors (Lipinski definition) is 6. The van der Waals surface area contributed by atoms with Gasteiger partial charge < -0.3 is 15.0 Å². The summed E-state index contributed by atoms with van der Waals surface area (Å²) in [5.74, 6) is -3.26. The van der Waals surface area contributed by atoms with Crippen molar-refractivity contribution in [2.75, 3.05) is 10.2 Å². The highest BCUT2D eigenvalue weighted by molar-refractivity contribution is 6.31. The highest BCUT2D eigenvalue weighted by Gasteiger charge is 2.70. The fraction of sp³-hybridized carbons (Fsp3) is 0.200. The molecule has 1 aromatic heterocycles. The molecule has 7 rings (SSSR count). The maximum Gasteiger partial charge on any atom is 0.308 e. The summed E-state index contributed by atoms with van der Waals surface area (Å²) < 4.78 is 5.11. The molecule has 4 atom stereocenters. The SMILES string of the molecule is CC(=O)Oc1ccc(N2C(=O)[C@@H]3[C@@H](C2=O)[C@@]2(N[C@@H]3Cc3c[nH]c4ccccc34)C(=O)Nc3ccc(Cl)cc32)cc1. The van der Waals surface area contributed by atoms with Crippen molar-refractivity contribution in [3.63, 3.8) is 0 Å². The van der Waals surface area contributed by atoms with E-state index in [1.165, 1.54) is 19.1 Å². The molecular weight excluding hydrogens is 532 g/mol. The second-order valence-corrected chi connectivity index (χ2v) is 10.8. The number of aromatic nitrogens is 1. The number of carbonyl (C=O) groups is 4. The van der Waals surface area contributed by atoms with Gasteiger partial charge in [-0.2, -0.15) is 0 Å². The fourth-order valence-electron chi connectivity index (χ4n) is 6.57. The minimum Gasteiger partial charge on any atom is -0.427 e. The first-order chi connectivity index (χ1) is 19.3. The average Bonchev–Trinajstić information content (AvgIpc) is 3.64. The smallest absolute Gasteiger partial charge is 0.308 e. The van der Waals surface area contributed by atoms with E-state index in [4.69, 9.17) is 16.3 Å². The number of rotatable bonds is 4. The van der Waals surface area contributed by atoms with Crippen LogP contribution in [0.2, 0.25) is 5.02 Å². The summed E-state index contributed by atoms with van der Waals surface area (Å²) in [6, 6.07) is 18.6. The average molecular weight is 555 g/mol. The van der Waals surface area contributed by atoms with E-state index in [0.717, 1.165) is 21.4 Å². The molecule has 0 unspecified atom stereocenters. The third kappa shape index (κ3) is 3.44. The van der Waals surface area contributed by atoms with Gasteiger partial charge in [-0.15, -0.1) is 0 Å². The first-order valence-electron chi connectivity index (χ1n) is 12.9. The molecule has 4 aromatic rings. The number of para-hydroxylation sites is 1. The molecule has 0 radical (unpaired) electrons. The zero-order chi connectivity index (χ0) is 27.8. The summed E-state index contributed by atoms with van der Waals surface area (Å²) in [5, 5.41) is 7.78. The van der Waals surface area contributed by atoms with Crippen LogP contribution >= 0.6 is 11.6 Å². The Labute approximate surface area is 233 Å². The lowest BCUT2D eigenvalue weighted by atomic mass is 9.76. The van der Waals surface area contributed by atoms with Gasteiger partial charge in [0.25, 0.3) is 0 Å². The highest BCUT2D eigenvalue weighted by Crippen LogP contribution is 2.54. The van der Waals surface area contributed by atoms with E-state index in [9.17, 15) is 19.2 Å². The van der Waals surface area contributed by atoms with Crippen molar-refractivity contribution in [2.45, 2.75) is 24.9 Å². The Morgan fingerprint density at radius 3 is 2.58 bits per heavy atom. The Hall–Kier alpha value is -4.47. The van der Waals surface area contributed by atoms with Gasteiger partial charge in [-0.25, -0.2) is 4.90 Å². The van der Waals surface area contributed by atoms with E-state index in [0.29, 0.717) is 34.1 Å². The number of H-pyrrole nitrogens is 1. The Balaban J connectivity index is 1.34. The highest BCUT2D eigenvalue weighted by atomic mass is 35.5. The molecule has 3 aromatic carbocycles. The fourth-order valence-corrected chi connectivity index (χ4v) is 6.74. The zero-order valence-corrected chi connectivity index (χ0v) is 22.0. The third-order valence-electron chi connectivity index (χ3n) is 8.15. The Kier molecular flexibility index (Phi) is 5.39. The van der Waals surface area contributed by atoms with E-state index >= 15 is 0 Å². The molecule has 2 saturated heterocycles. The number of fused-ring (bicyclic) bond motifs is 5. The van der Waals surface area contributed by atoms with Crippen LogP contribution in [-0.4, -0.2) is 34.7 Å². The molecule has 9 nitrogen and oxygen atoms in total.